The summed E-state index contributed by atoms with van der Waals surface area (Å²) in [6.45, 7) is 6.12. The van der Waals surface area contributed by atoms with Crippen molar-refractivity contribution in [2.24, 2.45) is 0 Å². The molecule has 3 rings (SSSR count). The highest BCUT2D eigenvalue weighted by Crippen LogP contribution is 2.42. The molecule has 1 aliphatic rings. The minimum absolute atomic E-state index is 0.0994. The number of rotatable bonds is 4. The van der Waals surface area contributed by atoms with Crippen LogP contribution < -0.4 is 5.32 Å². The van der Waals surface area contributed by atoms with Gasteiger partial charge in [-0.1, -0.05) is 20.8 Å². The molecule has 1 N–H and O–H groups in total. The van der Waals surface area contributed by atoms with Gasteiger partial charge in [0.25, 0.3) is 0 Å². The molecule has 1 saturated carbocycles. The maximum absolute atomic E-state index is 13.1. The third-order valence-electron chi connectivity index (χ3n) is 4.79. The maximum Gasteiger partial charge on any atom is 0.416 e. The number of aromatic nitrogens is 1. The Morgan fingerprint density at radius 3 is 2.21 bits per heavy atom. The van der Waals surface area contributed by atoms with Crippen LogP contribution in [0.1, 0.15) is 50.5 Å². The molecule has 1 heterocycles. The minimum Gasteiger partial charge on any atom is -0.301 e. The molecular weight excluding hydrogens is 409 g/mol. The van der Waals surface area contributed by atoms with Crippen LogP contribution in [0.2, 0.25) is 0 Å². The van der Waals surface area contributed by atoms with Gasteiger partial charge < -0.3 is 5.32 Å². The van der Waals surface area contributed by atoms with Gasteiger partial charge >= 0.3 is 6.18 Å². The third-order valence-corrected chi connectivity index (χ3v) is 8.13. The molecule has 0 saturated heterocycles. The van der Waals surface area contributed by atoms with Crippen molar-refractivity contribution in [3.63, 3.8) is 0 Å². The Kier molecular flexibility index (Phi) is 5.44. The maximum atomic E-state index is 13.1. The Bertz CT molecular complexity index is 895. The van der Waals surface area contributed by atoms with Crippen molar-refractivity contribution in [2.45, 2.75) is 61.3 Å². The smallest absolute Gasteiger partial charge is 0.301 e. The molecule has 9 heteroatoms. The highest BCUT2D eigenvalue weighted by molar-refractivity contribution is 7.87. The first-order chi connectivity index (χ1) is 12.9. The summed E-state index contributed by atoms with van der Waals surface area (Å²) in [4.78, 5) is 18.4. The largest absolute Gasteiger partial charge is 0.416 e. The zero-order valence-electron chi connectivity index (χ0n) is 15.7. The quantitative estimate of drug-likeness (QED) is 0.732. The predicted molar refractivity (Wildman–Crippen MR) is 104 cm³/mol. The van der Waals surface area contributed by atoms with Gasteiger partial charge in [-0.05, 0) is 48.9 Å². The molecule has 0 spiro atoms. The molecule has 0 radical (unpaired) electrons. The van der Waals surface area contributed by atoms with Gasteiger partial charge in [-0.25, -0.2) is 4.98 Å². The van der Waals surface area contributed by atoms with Gasteiger partial charge in [-0.3, -0.25) is 9.00 Å². The lowest BCUT2D eigenvalue weighted by Gasteiger charge is -2.38. The molecular formula is C19H21F3N2O2S2. The zero-order valence-corrected chi connectivity index (χ0v) is 17.4. The van der Waals surface area contributed by atoms with Gasteiger partial charge in [-0.2, -0.15) is 13.2 Å². The lowest BCUT2D eigenvalue weighted by Crippen LogP contribution is -2.52. The Morgan fingerprint density at radius 1 is 1.18 bits per heavy atom. The Morgan fingerprint density at radius 2 is 1.79 bits per heavy atom. The fourth-order valence-corrected chi connectivity index (χ4v) is 5.46. The van der Waals surface area contributed by atoms with Gasteiger partial charge in [0.15, 0.2) is 5.13 Å². The fourth-order valence-electron chi connectivity index (χ4n) is 2.88. The average Bonchev–Trinajstić information content (AvgIpc) is 3.02. The number of halogens is 3. The van der Waals surface area contributed by atoms with Crippen LogP contribution in [0, 0.1) is 0 Å². The number of alkyl halides is 3. The first-order valence-electron chi connectivity index (χ1n) is 8.80. The van der Waals surface area contributed by atoms with Gasteiger partial charge in [0.05, 0.1) is 16.4 Å². The molecule has 28 heavy (non-hydrogen) atoms. The van der Waals surface area contributed by atoms with Crippen molar-refractivity contribution >= 4 is 33.2 Å². The molecule has 0 bridgehead atoms. The van der Waals surface area contributed by atoms with Crippen LogP contribution in [0.5, 0.6) is 0 Å². The van der Waals surface area contributed by atoms with E-state index in [1.807, 2.05) is 20.8 Å². The number of anilines is 1. The van der Waals surface area contributed by atoms with E-state index >= 15 is 0 Å². The number of amides is 1. The number of carbonyl (C=O) groups excluding carboxylic acids is 1. The Balaban J connectivity index is 1.79. The van der Waals surface area contributed by atoms with Crippen LogP contribution in [0.4, 0.5) is 18.3 Å². The highest BCUT2D eigenvalue weighted by Gasteiger charge is 2.50. The van der Waals surface area contributed by atoms with Crippen molar-refractivity contribution in [3.05, 3.63) is 40.9 Å². The molecule has 1 fully saturated rings. The van der Waals surface area contributed by atoms with Crippen molar-refractivity contribution in [3.8, 4) is 0 Å². The van der Waals surface area contributed by atoms with Crippen molar-refractivity contribution < 1.29 is 22.2 Å². The monoisotopic (exact) mass is 430 g/mol. The minimum atomic E-state index is -4.46. The topological polar surface area (TPSA) is 59.1 Å². The van der Waals surface area contributed by atoms with E-state index in [0.717, 1.165) is 23.4 Å². The zero-order chi connectivity index (χ0) is 20.7. The van der Waals surface area contributed by atoms with Crippen molar-refractivity contribution in [1.82, 2.24) is 4.98 Å². The predicted octanol–water partition coefficient (Wildman–Crippen LogP) is 5.13. The van der Waals surface area contributed by atoms with Crippen molar-refractivity contribution in [2.75, 3.05) is 5.32 Å². The molecule has 1 aromatic heterocycles. The number of hydrogen-bond acceptors (Lipinski definition) is 4. The lowest BCUT2D eigenvalue weighted by atomic mass is 9.83. The number of hydrogen-bond donors (Lipinski definition) is 1. The molecule has 4 nitrogen and oxygen atoms in total. The summed E-state index contributed by atoms with van der Waals surface area (Å²) < 4.78 is 50.2. The van der Waals surface area contributed by atoms with E-state index in [9.17, 15) is 22.2 Å². The molecule has 1 atom stereocenters. The summed E-state index contributed by atoms with van der Waals surface area (Å²) in [5.41, 5.74) is -0.907. The first-order valence-corrected chi connectivity index (χ1v) is 10.8. The van der Waals surface area contributed by atoms with E-state index in [0.29, 0.717) is 18.0 Å². The van der Waals surface area contributed by atoms with Crippen molar-refractivity contribution in [1.29, 1.82) is 0 Å². The van der Waals surface area contributed by atoms with Gasteiger partial charge in [0.2, 0.25) is 5.91 Å². The van der Waals surface area contributed by atoms with Gasteiger partial charge in [-0.15, -0.1) is 11.3 Å². The molecule has 2 aromatic rings. The summed E-state index contributed by atoms with van der Waals surface area (Å²) >= 11 is 1.36. The second-order valence-electron chi connectivity index (χ2n) is 7.87. The van der Waals surface area contributed by atoms with Crippen LogP contribution in [-0.4, -0.2) is 19.8 Å². The standard InChI is InChI=1S/C19H21F3N2O2S2/c1-17(2,3)14-11-23-16(27-14)24-15(25)18(9-4-10-18)28(26)13-7-5-12(6-8-13)19(20,21)22/h5-8,11H,4,9-10H2,1-3H3,(H,23,24,25). The summed E-state index contributed by atoms with van der Waals surface area (Å²) in [7, 11) is -1.75. The summed E-state index contributed by atoms with van der Waals surface area (Å²) in [6.07, 6.45) is -1.17. The molecule has 0 aliphatic heterocycles. The normalized spacial score (nSPS) is 17.6. The van der Waals surface area contributed by atoms with Crippen LogP contribution in [-0.2, 0) is 27.2 Å². The van der Waals surface area contributed by atoms with Crippen LogP contribution in [0.25, 0.3) is 0 Å². The van der Waals surface area contributed by atoms with E-state index in [-0.39, 0.29) is 10.3 Å². The SMILES string of the molecule is CC(C)(C)c1cnc(NC(=O)C2(S(=O)c3ccc(C(F)(F)F)cc3)CCC2)s1. The van der Waals surface area contributed by atoms with E-state index in [2.05, 4.69) is 10.3 Å². The molecule has 152 valence electrons. The Hall–Kier alpha value is -1.74. The average molecular weight is 431 g/mol. The van der Waals surface area contributed by atoms with E-state index in [1.165, 1.54) is 23.5 Å². The van der Waals surface area contributed by atoms with E-state index in [1.54, 1.807) is 6.20 Å². The van der Waals surface area contributed by atoms with Crippen LogP contribution >= 0.6 is 11.3 Å². The van der Waals surface area contributed by atoms with Gasteiger partial charge in [0.1, 0.15) is 4.75 Å². The summed E-state index contributed by atoms with van der Waals surface area (Å²) in [6, 6.07) is 4.17. The molecule has 1 amide bonds. The lowest BCUT2D eigenvalue weighted by molar-refractivity contribution is -0.137. The molecule has 1 aliphatic carbocycles. The highest BCUT2D eigenvalue weighted by atomic mass is 32.2. The number of nitrogens with zero attached hydrogens (tertiary/aromatic N) is 1. The van der Waals surface area contributed by atoms with Gasteiger partial charge in [0, 0.05) is 16.0 Å². The third kappa shape index (κ3) is 4.00. The fraction of sp³-hybridized carbons (Fsp3) is 0.474. The van der Waals surface area contributed by atoms with E-state index < -0.39 is 33.2 Å². The number of benzene rings is 1. The molecule has 1 aromatic carbocycles. The number of thiazole rings is 1. The van der Waals surface area contributed by atoms with Crippen LogP contribution in [0.3, 0.4) is 0 Å². The Labute approximate surface area is 168 Å². The molecule has 1 unspecified atom stereocenters. The van der Waals surface area contributed by atoms with E-state index in [4.69, 9.17) is 0 Å². The second-order valence-corrected chi connectivity index (χ2v) is 10.7. The van der Waals surface area contributed by atoms with Crippen LogP contribution in [0.15, 0.2) is 35.4 Å². The number of nitrogens with one attached hydrogen (secondary N) is 1. The second kappa shape index (κ2) is 7.26. The number of carbonyl (C=O) groups is 1. The summed E-state index contributed by atoms with van der Waals surface area (Å²) in [5.74, 6) is -0.396. The first kappa shape index (κ1) is 21.0. The summed E-state index contributed by atoms with van der Waals surface area (Å²) in [5, 5.41) is 3.19.